The van der Waals surface area contributed by atoms with E-state index in [2.05, 4.69) is 9.72 Å². The number of carbonyl (C=O) groups is 1. The van der Waals surface area contributed by atoms with Gasteiger partial charge in [-0.2, -0.15) is 8.78 Å². The maximum absolute atomic E-state index is 12.8. The van der Waals surface area contributed by atoms with E-state index in [4.69, 9.17) is 5.11 Å². The molecule has 9 heteroatoms. The van der Waals surface area contributed by atoms with Gasteiger partial charge in [0.15, 0.2) is 6.61 Å². The van der Waals surface area contributed by atoms with Crippen LogP contribution in [-0.2, 0) is 0 Å². The van der Waals surface area contributed by atoms with Crippen molar-refractivity contribution in [3.05, 3.63) is 34.8 Å². The molecule has 1 N–H and O–H groups in total. The molecule has 0 aliphatic rings. The first kappa shape index (κ1) is 17.2. The zero-order chi connectivity index (χ0) is 17.2. The number of ether oxygens (including phenoxy) is 1. The molecule has 0 aliphatic heterocycles. The number of aryl methyl sites for hydroxylation is 1. The molecule has 2 aromatic rings. The fourth-order valence-corrected chi connectivity index (χ4v) is 2.57. The van der Waals surface area contributed by atoms with E-state index in [1.807, 2.05) is 0 Å². The number of carboxylic acids is 1. The zero-order valence-corrected chi connectivity index (χ0v) is 12.5. The van der Waals surface area contributed by atoms with Crippen molar-refractivity contribution in [1.82, 2.24) is 4.98 Å². The molecular weight excluding hydrogens is 338 g/mol. The van der Waals surface area contributed by atoms with Gasteiger partial charge >= 0.3 is 18.3 Å². The van der Waals surface area contributed by atoms with Crippen molar-refractivity contribution in [1.29, 1.82) is 0 Å². The van der Waals surface area contributed by atoms with Crippen LogP contribution in [-0.4, -0.2) is 35.0 Å². The van der Waals surface area contributed by atoms with E-state index in [0.29, 0.717) is 16.3 Å². The van der Waals surface area contributed by atoms with Crippen LogP contribution in [0.25, 0.3) is 10.6 Å². The zero-order valence-electron chi connectivity index (χ0n) is 11.7. The summed E-state index contributed by atoms with van der Waals surface area (Å²) in [7, 11) is 0. The number of halogens is 4. The lowest BCUT2D eigenvalue weighted by molar-refractivity contribution is -0.148. The van der Waals surface area contributed by atoms with Gasteiger partial charge in [-0.05, 0) is 31.2 Å². The van der Waals surface area contributed by atoms with Gasteiger partial charge in [-0.25, -0.2) is 18.6 Å². The minimum atomic E-state index is -4.22. The molecule has 0 atom stereocenters. The lowest BCUT2D eigenvalue weighted by atomic mass is 10.2. The number of nitrogens with zero attached hydrogens (tertiary/aromatic N) is 1. The van der Waals surface area contributed by atoms with Crippen LogP contribution in [0.2, 0.25) is 0 Å². The maximum atomic E-state index is 12.8. The molecular formula is C14H11F4NO3S. The van der Waals surface area contributed by atoms with Crippen LogP contribution in [0, 0.1) is 6.92 Å². The van der Waals surface area contributed by atoms with E-state index < -0.39 is 24.9 Å². The summed E-state index contributed by atoms with van der Waals surface area (Å²) >= 11 is 0.977. The normalized spacial score (nSPS) is 11.7. The number of hydrogen-bond donors (Lipinski definition) is 1. The van der Waals surface area contributed by atoms with E-state index in [-0.39, 0.29) is 10.6 Å². The van der Waals surface area contributed by atoms with Crippen LogP contribution >= 0.6 is 11.3 Å². The quantitative estimate of drug-likeness (QED) is 0.798. The first-order valence-electron chi connectivity index (χ1n) is 6.30. The second-order valence-electron chi connectivity index (χ2n) is 4.61. The number of rotatable bonds is 6. The van der Waals surface area contributed by atoms with Gasteiger partial charge in [-0.15, -0.1) is 11.3 Å². The Labute approximate surface area is 132 Å². The van der Waals surface area contributed by atoms with E-state index in [1.54, 1.807) is 6.92 Å². The fourth-order valence-electron chi connectivity index (χ4n) is 1.65. The minimum absolute atomic E-state index is 0.000751. The highest BCUT2D eigenvalue weighted by atomic mass is 32.1. The molecule has 124 valence electrons. The minimum Gasteiger partial charge on any atom is -0.487 e. The van der Waals surface area contributed by atoms with Crippen molar-refractivity contribution in [2.45, 2.75) is 19.3 Å². The summed E-state index contributed by atoms with van der Waals surface area (Å²) in [6.07, 6.45) is -3.80. The van der Waals surface area contributed by atoms with Gasteiger partial charge in [-0.1, -0.05) is 0 Å². The van der Waals surface area contributed by atoms with Crippen molar-refractivity contribution in [3.8, 4) is 16.3 Å². The SMILES string of the molecule is Cc1nc(-c2ccc(OCC(F)(F)C(F)F)cc2)sc1C(=O)O. The summed E-state index contributed by atoms with van der Waals surface area (Å²) in [5.41, 5.74) is 0.938. The summed E-state index contributed by atoms with van der Waals surface area (Å²) in [5, 5.41) is 9.43. The number of benzene rings is 1. The van der Waals surface area contributed by atoms with Gasteiger partial charge in [0.2, 0.25) is 0 Å². The van der Waals surface area contributed by atoms with Gasteiger partial charge in [0.25, 0.3) is 0 Å². The van der Waals surface area contributed by atoms with E-state index in [0.717, 1.165) is 11.3 Å². The van der Waals surface area contributed by atoms with Crippen LogP contribution in [0.3, 0.4) is 0 Å². The number of aromatic nitrogens is 1. The summed E-state index contributed by atoms with van der Waals surface area (Å²) in [6.45, 7) is 0.136. The standard InChI is InChI=1S/C14H11F4NO3S/c1-7-10(12(20)21)23-11(19-7)8-2-4-9(5-3-8)22-6-14(17,18)13(15)16/h2-5,13H,6H2,1H3,(H,20,21). The van der Waals surface area contributed by atoms with Crippen molar-refractivity contribution >= 4 is 17.3 Å². The third kappa shape index (κ3) is 3.98. The van der Waals surface area contributed by atoms with Gasteiger partial charge in [0.05, 0.1) is 5.69 Å². The van der Waals surface area contributed by atoms with Crippen LogP contribution in [0.1, 0.15) is 15.4 Å². The molecule has 0 bridgehead atoms. The predicted octanol–water partition coefficient (Wildman–Crippen LogP) is 4.10. The Balaban J connectivity index is 2.11. The maximum Gasteiger partial charge on any atom is 0.347 e. The number of thiazole rings is 1. The second-order valence-corrected chi connectivity index (χ2v) is 5.61. The Hall–Kier alpha value is -2.16. The first-order chi connectivity index (χ1) is 10.7. The van der Waals surface area contributed by atoms with Crippen LogP contribution in [0.4, 0.5) is 17.6 Å². The van der Waals surface area contributed by atoms with E-state index in [9.17, 15) is 22.4 Å². The predicted molar refractivity (Wildman–Crippen MR) is 75.7 cm³/mol. The summed E-state index contributed by atoms with van der Waals surface area (Å²) in [4.78, 5) is 15.2. The summed E-state index contributed by atoms with van der Waals surface area (Å²) in [6, 6.07) is 5.63. The highest BCUT2D eigenvalue weighted by molar-refractivity contribution is 7.17. The van der Waals surface area contributed by atoms with Crippen LogP contribution in [0.5, 0.6) is 5.75 Å². The third-order valence-corrected chi connectivity index (χ3v) is 4.04. The van der Waals surface area contributed by atoms with Crippen molar-refractivity contribution in [3.63, 3.8) is 0 Å². The molecule has 0 radical (unpaired) electrons. The Morgan fingerprint density at radius 3 is 2.43 bits per heavy atom. The van der Waals surface area contributed by atoms with E-state index >= 15 is 0 Å². The molecule has 1 aromatic carbocycles. The molecule has 1 aromatic heterocycles. The molecule has 1 heterocycles. The average molecular weight is 349 g/mol. The fraction of sp³-hybridized carbons (Fsp3) is 0.286. The number of alkyl halides is 4. The van der Waals surface area contributed by atoms with Gasteiger partial charge < -0.3 is 9.84 Å². The smallest absolute Gasteiger partial charge is 0.347 e. The Morgan fingerprint density at radius 2 is 1.96 bits per heavy atom. The molecule has 0 fully saturated rings. The average Bonchev–Trinajstić information content (AvgIpc) is 2.88. The van der Waals surface area contributed by atoms with E-state index in [1.165, 1.54) is 24.3 Å². The highest BCUT2D eigenvalue weighted by Gasteiger charge is 2.41. The molecule has 0 aliphatic carbocycles. The number of carboxylic acid groups (broad SMARTS) is 1. The first-order valence-corrected chi connectivity index (χ1v) is 7.12. The third-order valence-electron chi connectivity index (χ3n) is 2.84. The molecule has 2 rings (SSSR count). The summed E-state index contributed by atoms with van der Waals surface area (Å²) in [5.74, 6) is -5.30. The second kappa shape index (κ2) is 6.53. The van der Waals surface area contributed by atoms with Gasteiger partial charge in [0, 0.05) is 5.56 Å². The highest BCUT2D eigenvalue weighted by Crippen LogP contribution is 2.30. The molecule has 0 saturated heterocycles. The van der Waals surface area contributed by atoms with Gasteiger partial charge in [0.1, 0.15) is 15.6 Å². The summed E-state index contributed by atoms with van der Waals surface area (Å²) < 4.78 is 54.2. The van der Waals surface area contributed by atoms with Crippen LogP contribution in [0.15, 0.2) is 24.3 Å². The molecule has 23 heavy (non-hydrogen) atoms. The molecule has 4 nitrogen and oxygen atoms in total. The molecule has 0 spiro atoms. The Bertz CT molecular complexity index is 701. The Kier molecular flexibility index (Phi) is 4.88. The lowest BCUT2D eigenvalue weighted by Crippen LogP contribution is -2.33. The van der Waals surface area contributed by atoms with Gasteiger partial charge in [-0.3, -0.25) is 0 Å². The molecule has 0 amide bonds. The number of aromatic carboxylic acids is 1. The van der Waals surface area contributed by atoms with Crippen molar-refractivity contribution in [2.75, 3.05) is 6.61 Å². The Morgan fingerprint density at radius 1 is 1.35 bits per heavy atom. The largest absolute Gasteiger partial charge is 0.487 e. The van der Waals surface area contributed by atoms with Crippen molar-refractivity contribution in [2.24, 2.45) is 0 Å². The molecule has 0 unspecified atom stereocenters. The lowest BCUT2D eigenvalue weighted by Gasteiger charge is -2.15. The molecule has 0 saturated carbocycles. The number of hydrogen-bond acceptors (Lipinski definition) is 4. The van der Waals surface area contributed by atoms with Crippen LogP contribution < -0.4 is 4.74 Å². The monoisotopic (exact) mass is 349 g/mol. The van der Waals surface area contributed by atoms with Crippen molar-refractivity contribution < 1.29 is 32.2 Å². The topological polar surface area (TPSA) is 59.4 Å².